The van der Waals surface area contributed by atoms with Gasteiger partial charge >= 0.3 is 5.97 Å². The molecule has 21 heavy (non-hydrogen) atoms. The second-order valence-corrected chi connectivity index (χ2v) is 6.57. The van der Waals surface area contributed by atoms with Crippen LogP contribution >= 0.6 is 0 Å². The first kappa shape index (κ1) is 16.0. The normalized spacial score (nSPS) is 21.2. The summed E-state index contributed by atoms with van der Waals surface area (Å²) in [6.45, 7) is 9.58. The maximum atomic E-state index is 10.9. The average molecular weight is 289 g/mol. The Morgan fingerprint density at radius 2 is 2.19 bits per heavy atom. The van der Waals surface area contributed by atoms with E-state index in [1.165, 1.54) is 23.1 Å². The van der Waals surface area contributed by atoms with Gasteiger partial charge in [-0.1, -0.05) is 25.1 Å². The van der Waals surface area contributed by atoms with Crippen LogP contribution in [0, 0.1) is 25.7 Å². The molecule has 1 fully saturated rings. The molecular weight excluding hydrogens is 262 g/mol. The van der Waals surface area contributed by atoms with Gasteiger partial charge in [0.2, 0.25) is 0 Å². The van der Waals surface area contributed by atoms with Gasteiger partial charge in [-0.15, -0.1) is 0 Å². The lowest BCUT2D eigenvalue weighted by molar-refractivity contribution is -0.138. The number of carboxylic acids is 1. The molecule has 0 aliphatic carbocycles. The number of rotatable bonds is 5. The van der Waals surface area contributed by atoms with E-state index < -0.39 is 5.97 Å². The van der Waals surface area contributed by atoms with Gasteiger partial charge in [0, 0.05) is 19.5 Å². The zero-order valence-corrected chi connectivity index (χ0v) is 13.4. The molecule has 2 rings (SSSR count). The Balaban J connectivity index is 1.98. The number of nitrogens with zero attached hydrogens (tertiary/aromatic N) is 1. The molecule has 1 saturated heterocycles. The van der Waals surface area contributed by atoms with E-state index in [2.05, 4.69) is 43.9 Å². The van der Waals surface area contributed by atoms with Crippen molar-refractivity contribution in [1.82, 2.24) is 4.90 Å². The lowest BCUT2D eigenvalue weighted by Gasteiger charge is -2.35. The molecule has 1 aliphatic heterocycles. The van der Waals surface area contributed by atoms with Crippen LogP contribution in [0.5, 0.6) is 0 Å². The number of hydrogen-bond donors (Lipinski definition) is 1. The molecule has 1 N–H and O–H groups in total. The maximum absolute atomic E-state index is 10.9. The molecule has 3 nitrogen and oxygen atoms in total. The molecule has 0 spiro atoms. The van der Waals surface area contributed by atoms with Crippen molar-refractivity contribution in [3.05, 3.63) is 34.9 Å². The van der Waals surface area contributed by atoms with Crippen molar-refractivity contribution in [2.75, 3.05) is 13.1 Å². The van der Waals surface area contributed by atoms with E-state index in [1.54, 1.807) is 0 Å². The summed E-state index contributed by atoms with van der Waals surface area (Å²) in [5.41, 5.74) is 4.14. The number of carboxylic acid groups (broad SMARTS) is 1. The number of carbonyl (C=O) groups is 1. The molecule has 1 aromatic carbocycles. The Morgan fingerprint density at radius 3 is 2.90 bits per heavy atom. The number of benzene rings is 1. The van der Waals surface area contributed by atoms with Crippen LogP contribution in [0.2, 0.25) is 0 Å². The summed E-state index contributed by atoms with van der Waals surface area (Å²) < 4.78 is 0. The van der Waals surface area contributed by atoms with E-state index in [1.807, 2.05) is 0 Å². The summed E-state index contributed by atoms with van der Waals surface area (Å²) in [6.07, 6.45) is 2.64. The van der Waals surface area contributed by atoms with Crippen molar-refractivity contribution >= 4 is 5.97 Å². The fourth-order valence-corrected chi connectivity index (χ4v) is 3.37. The standard InChI is InChI=1S/C18H27NO2/c1-13-6-4-7-17(15(13)3)12-19-9-5-8-16(11-19)14(2)10-18(20)21/h4,6-7,14,16H,5,8-12H2,1-3H3,(H,20,21). The molecule has 1 aliphatic rings. The Labute approximate surface area is 128 Å². The van der Waals surface area contributed by atoms with Crippen molar-refractivity contribution in [3.63, 3.8) is 0 Å². The van der Waals surface area contributed by atoms with E-state index in [0.29, 0.717) is 12.3 Å². The number of aryl methyl sites for hydroxylation is 1. The minimum absolute atomic E-state index is 0.268. The van der Waals surface area contributed by atoms with Crippen molar-refractivity contribution < 1.29 is 9.90 Å². The summed E-state index contributed by atoms with van der Waals surface area (Å²) in [4.78, 5) is 13.4. The van der Waals surface area contributed by atoms with Crippen LogP contribution in [0.1, 0.15) is 42.9 Å². The molecule has 2 atom stereocenters. The van der Waals surface area contributed by atoms with Crippen LogP contribution in [0.3, 0.4) is 0 Å². The Kier molecular flexibility index (Phi) is 5.40. The van der Waals surface area contributed by atoms with Crippen LogP contribution < -0.4 is 0 Å². The molecular formula is C18H27NO2. The third kappa shape index (κ3) is 4.31. The number of hydrogen-bond acceptors (Lipinski definition) is 2. The zero-order chi connectivity index (χ0) is 15.4. The highest BCUT2D eigenvalue weighted by molar-refractivity contribution is 5.67. The first-order valence-corrected chi connectivity index (χ1v) is 7.96. The topological polar surface area (TPSA) is 40.5 Å². The quantitative estimate of drug-likeness (QED) is 0.900. The highest BCUT2D eigenvalue weighted by Gasteiger charge is 2.26. The van der Waals surface area contributed by atoms with Crippen molar-refractivity contribution in [1.29, 1.82) is 0 Å². The Morgan fingerprint density at radius 1 is 1.43 bits per heavy atom. The van der Waals surface area contributed by atoms with E-state index >= 15 is 0 Å². The van der Waals surface area contributed by atoms with Crippen LogP contribution in [-0.4, -0.2) is 29.1 Å². The first-order valence-electron chi connectivity index (χ1n) is 7.96. The van der Waals surface area contributed by atoms with Gasteiger partial charge in [-0.25, -0.2) is 0 Å². The summed E-state index contributed by atoms with van der Waals surface area (Å²) in [5, 5.41) is 8.97. The van der Waals surface area contributed by atoms with Gasteiger partial charge in [0.05, 0.1) is 0 Å². The Hall–Kier alpha value is -1.35. The molecule has 1 heterocycles. The highest BCUT2D eigenvalue weighted by Crippen LogP contribution is 2.27. The van der Waals surface area contributed by atoms with Gasteiger partial charge in [-0.3, -0.25) is 9.69 Å². The molecule has 0 saturated carbocycles. The largest absolute Gasteiger partial charge is 0.481 e. The molecule has 0 radical (unpaired) electrons. The predicted octanol–water partition coefficient (Wildman–Crippen LogP) is 3.63. The lowest BCUT2D eigenvalue weighted by atomic mass is 9.84. The van der Waals surface area contributed by atoms with Crippen LogP contribution in [0.15, 0.2) is 18.2 Å². The number of aliphatic carboxylic acids is 1. The maximum Gasteiger partial charge on any atom is 0.303 e. The SMILES string of the molecule is Cc1cccc(CN2CCCC(C(C)CC(=O)O)C2)c1C. The minimum atomic E-state index is -0.672. The van der Waals surface area contributed by atoms with Crippen molar-refractivity contribution in [2.45, 2.75) is 46.6 Å². The Bertz CT molecular complexity index is 498. The molecule has 1 aromatic rings. The smallest absolute Gasteiger partial charge is 0.303 e. The van der Waals surface area contributed by atoms with Crippen molar-refractivity contribution in [2.24, 2.45) is 11.8 Å². The minimum Gasteiger partial charge on any atom is -0.481 e. The second-order valence-electron chi connectivity index (χ2n) is 6.57. The molecule has 2 unspecified atom stereocenters. The van der Waals surface area contributed by atoms with Gasteiger partial charge in [-0.2, -0.15) is 0 Å². The van der Waals surface area contributed by atoms with Gasteiger partial charge in [-0.05, 0) is 61.8 Å². The fourth-order valence-electron chi connectivity index (χ4n) is 3.37. The summed E-state index contributed by atoms with van der Waals surface area (Å²) in [7, 11) is 0. The zero-order valence-electron chi connectivity index (χ0n) is 13.4. The summed E-state index contributed by atoms with van der Waals surface area (Å²) >= 11 is 0. The molecule has 0 aromatic heterocycles. The fraction of sp³-hybridized carbons (Fsp3) is 0.611. The third-order valence-corrected chi connectivity index (χ3v) is 4.95. The van der Waals surface area contributed by atoms with Crippen LogP contribution in [-0.2, 0) is 11.3 Å². The average Bonchev–Trinajstić information content (AvgIpc) is 2.43. The molecule has 116 valence electrons. The van der Waals surface area contributed by atoms with Gasteiger partial charge in [0.15, 0.2) is 0 Å². The molecule has 0 bridgehead atoms. The monoisotopic (exact) mass is 289 g/mol. The van der Waals surface area contributed by atoms with Gasteiger partial charge in [0.25, 0.3) is 0 Å². The van der Waals surface area contributed by atoms with Crippen LogP contribution in [0.25, 0.3) is 0 Å². The highest BCUT2D eigenvalue weighted by atomic mass is 16.4. The van der Waals surface area contributed by atoms with Crippen LogP contribution in [0.4, 0.5) is 0 Å². The lowest BCUT2D eigenvalue weighted by Crippen LogP contribution is -2.38. The third-order valence-electron chi connectivity index (χ3n) is 4.95. The molecule has 0 amide bonds. The van der Waals surface area contributed by atoms with E-state index in [4.69, 9.17) is 5.11 Å². The summed E-state index contributed by atoms with van der Waals surface area (Å²) in [5.74, 6) is 0.109. The van der Waals surface area contributed by atoms with E-state index in [-0.39, 0.29) is 5.92 Å². The predicted molar refractivity (Wildman–Crippen MR) is 85.3 cm³/mol. The van der Waals surface area contributed by atoms with Crippen molar-refractivity contribution in [3.8, 4) is 0 Å². The molecule has 3 heteroatoms. The van der Waals surface area contributed by atoms with E-state index in [0.717, 1.165) is 26.1 Å². The number of likely N-dealkylation sites (tertiary alicyclic amines) is 1. The number of piperidine rings is 1. The first-order chi connectivity index (χ1) is 9.97. The summed E-state index contributed by atoms with van der Waals surface area (Å²) in [6, 6.07) is 6.51. The van der Waals surface area contributed by atoms with Gasteiger partial charge in [0.1, 0.15) is 0 Å². The van der Waals surface area contributed by atoms with Gasteiger partial charge < -0.3 is 5.11 Å². The second kappa shape index (κ2) is 7.08. The van der Waals surface area contributed by atoms with E-state index in [9.17, 15) is 4.79 Å².